The molecule has 0 aromatic carbocycles. The van der Waals surface area contributed by atoms with Crippen LogP contribution in [-0.4, -0.2) is 6.34 Å². The Labute approximate surface area is 93.5 Å². The second-order valence-electron chi connectivity index (χ2n) is 4.40. The maximum atomic E-state index is 8.38. The van der Waals surface area contributed by atoms with Gasteiger partial charge in [-0.15, -0.1) is 11.3 Å². The zero-order chi connectivity index (χ0) is 10.9. The fraction of sp³-hybridized carbons (Fsp3) is 0.455. The first-order valence-electron chi connectivity index (χ1n) is 4.87. The summed E-state index contributed by atoms with van der Waals surface area (Å²) in [5.41, 5.74) is 1.48. The average Bonchev–Trinajstić information content (AvgIpc) is 2.66. The van der Waals surface area contributed by atoms with Gasteiger partial charge in [-0.05, 0) is 28.8 Å². The fourth-order valence-electron chi connectivity index (χ4n) is 2.09. The zero-order valence-corrected chi connectivity index (χ0v) is 9.64. The Morgan fingerprint density at radius 2 is 2.53 bits per heavy atom. The van der Waals surface area contributed by atoms with Crippen LogP contribution in [0.2, 0.25) is 0 Å². The Balaban J connectivity index is 2.26. The van der Waals surface area contributed by atoms with Gasteiger partial charge < -0.3 is 0 Å². The van der Waals surface area contributed by atoms with E-state index in [2.05, 4.69) is 35.6 Å². The minimum Gasteiger partial charge on any atom is -0.283 e. The van der Waals surface area contributed by atoms with E-state index in [1.807, 2.05) is 6.19 Å². The quantitative estimate of drug-likeness (QED) is 0.359. The van der Waals surface area contributed by atoms with E-state index in [0.29, 0.717) is 0 Å². The molecule has 1 aliphatic carbocycles. The molecule has 3 nitrogen and oxygen atoms in total. The van der Waals surface area contributed by atoms with Crippen LogP contribution in [0.25, 0.3) is 0 Å². The highest BCUT2D eigenvalue weighted by Crippen LogP contribution is 2.49. The summed E-state index contributed by atoms with van der Waals surface area (Å²) in [7, 11) is 0. The predicted molar refractivity (Wildman–Crippen MR) is 61.8 cm³/mol. The Morgan fingerprint density at radius 1 is 1.73 bits per heavy atom. The van der Waals surface area contributed by atoms with E-state index < -0.39 is 0 Å². The lowest BCUT2D eigenvalue weighted by atomic mass is 9.86. The van der Waals surface area contributed by atoms with Crippen molar-refractivity contribution in [1.82, 2.24) is 5.32 Å². The maximum Gasteiger partial charge on any atom is 0.182 e. The number of hydrogen-bond acceptors (Lipinski definition) is 3. The van der Waals surface area contributed by atoms with Crippen LogP contribution in [0.1, 0.15) is 30.3 Å². The number of aliphatic imine (C=N–C) groups is 1. The topological polar surface area (TPSA) is 48.2 Å². The van der Waals surface area contributed by atoms with Gasteiger partial charge in [0, 0.05) is 4.88 Å². The summed E-state index contributed by atoms with van der Waals surface area (Å²) in [6, 6.07) is 2.32. The molecule has 0 bridgehead atoms. The van der Waals surface area contributed by atoms with Gasteiger partial charge in [0.1, 0.15) is 0 Å². The molecule has 0 saturated carbocycles. The summed E-state index contributed by atoms with van der Waals surface area (Å²) in [5, 5.41) is 12.9. The number of fused-ring (bicyclic) bond motifs is 1. The van der Waals surface area contributed by atoms with Crippen molar-refractivity contribution in [2.45, 2.75) is 26.3 Å². The van der Waals surface area contributed by atoms with Crippen LogP contribution < -0.4 is 5.32 Å². The summed E-state index contributed by atoms with van der Waals surface area (Å²) in [4.78, 5) is 5.86. The van der Waals surface area contributed by atoms with Gasteiger partial charge in [-0.3, -0.25) is 10.3 Å². The van der Waals surface area contributed by atoms with Gasteiger partial charge in [-0.2, -0.15) is 5.26 Å². The number of nitriles is 1. The van der Waals surface area contributed by atoms with E-state index in [4.69, 9.17) is 5.26 Å². The SMILES string of the molecule is CC1(C)Cc2sccc2C1N=CNC#N. The molecule has 1 aliphatic rings. The highest BCUT2D eigenvalue weighted by atomic mass is 32.1. The van der Waals surface area contributed by atoms with Gasteiger partial charge in [0.25, 0.3) is 0 Å². The van der Waals surface area contributed by atoms with E-state index in [1.165, 1.54) is 16.8 Å². The van der Waals surface area contributed by atoms with E-state index in [9.17, 15) is 0 Å². The van der Waals surface area contributed by atoms with E-state index in [-0.39, 0.29) is 11.5 Å². The first kappa shape index (κ1) is 10.2. The van der Waals surface area contributed by atoms with Crippen molar-refractivity contribution in [2.24, 2.45) is 10.4 Å². The molecule has 1 heterocycles. The Bertz CT molecular complexity index is 425. The second-order valence-corrected chi connectivity index (χ2v) is 5.40. The third-order valence-corrected chi connectivity index (χ3v) is 3.72. The van der Waals surface area contributed by atoms with Crippen LogP contribution in [0, 0.1) is 16.9 Å². The number of nitrogens with zero attached hydrogens (tertiary/aromatic N) is 2. The van der Waals surface area contributed by atoms with Crippen LogP contribution in [0.15, 0.2) is 16.4 Å². The highest BCUT2D eigenvalue weighted by Gasteiger charge is 2.39. The summed E-state index contributed by atoms with van der Waals surface area (Å²) in [6.07, 6.45) is 4.42. The molecule has 0 radical (unpaired) electrons. The largest absolute Gasteiger partial charge is 0.283 e. The Kier molecular flexibility index (Phi) is 2.49. The van der Waals surface area contributed by atoms with Gasteiger partial charge in [0.05, 0.1) is 12.4 Å². The van der Waals surface area contributed by atoms with Gasteiger partial charge in [0.2, 0.25) is 0 Å². The van der Waals surface area contributed by atoms with Crippen LogP contribution in [0.4, 0.5) is 0 Å². The lowest BCUT2D eigenvalue weighted by molar-refractivity contribution is 0.321. The molecular weight excluding hydrogens is 206 g/mol. The van der Waals surface area contributed by atoms with Gasteiger partial charge in [0.15, 0.2) is 6.19 Å². The standard InChI is InChI=1S/C11H13N3S/c1-11(2)5-9-8(3-4-15-9)10(11)14-7-13-6-12/h3-4,7,10H,5H2,1-2H3,(H,13,14). The monoisotopic (exact) mass is 219 g/mol. The van der Waals surface area contributed by atoms with Gasteiger partial charge in [-0.25, -0.2) is 0 Å². The lowest BCUT2D eigenvalue weighted by Crippen LogP contribution is -2.17. The molecule has 0 fully saturated rings. The van der Waals surface area contributed by atoms with Crippen LogP contribution in [0.3, 0.4) is 0 Å². The molecule has 2 rings (SSSR count). The zero-order valence-electron chi connectivity index (χ0n) is 8.82. The summed E-state index contributed by atoms with van der Waals surface area (Å²) < 4.78 is 0. The minimum absolute atomic E-state index is 0.163. The molecule has 1 N–H and O–H groups in total. The normalized spacial score (nSPS) is 22.6. The first-order valence-corrected chi connectivity index (χ1v) is 5.75. The summed E-state index contributed by atoms with van der Waals surface area (Å²) >= 11 is 1.80. The van der Waals surface area contributed by atoms with Crippen molar-refractivity contribution in [3.63, 3.8) is 0 Å². The van der Waals surface area contributed by atoms with Crippen molar-refractivity contribution < 1.29 is 0 Å². The smallest absolute Gasteiger partial charge is 0.182 e. The second kappa shape index (κ2) is 3.67. The highest BCUT2D eigenvalue weighted by molar-refractivity contribution is 7.10. The van der Waals surface area contributed by atoms with E-state index >= 15 is 0 Å². The van der Waals surface area contributed by atoms with E-state index in [1.54, 1.807) is 11.3 Å². The minimum atomic E-state index is 0.163. The predicted octanol–water partition coefficient (Wildman–Crippen LogP) is 2.47. The molecule has 1 unspecified atom stereocenters. The molecule has 1 aromatic rings. The number of thiophene rings is 1. The van der Waals surface area contributed by atoms with Crippen molar-refractivity contribution in [3.05, 3.63) is 21.9 Å². The summed E-state index contributed by atoms with van der Waals surface area (Å²) in [5.74, 6) is 0. The first-order chi connectivity index (χ1) is 7.15. The number of hydrogen-bond donors (Lipinski definition) is 1. The van der Waals surface area contributed by atoms with Crippen LogP contribution >= 0.6 is 11.3 Å². The lowest BCUT2D eigenvalue weighted by Gasteiger charge is -2.23. The molecule has 4 heteroatoms. The van der Waals surface area contributed by atoms with Crippen molar-refractivity contribution >= 4 is 17.7 Å². The third kappa shape index (κ3) is 1.75. The molecule has 1 aromatic heterocycles. The molecular formula is C11H13N3S. The van der Waals surface area contributed by atoms with Crippen LogP contribution in [0.5, 0.6) is 0 Å². The molecule has 0 amide bonds. The van der Waals surface area contributed by atoms with Crippen molar-refractivity contribution in [1.29, 1.82) is 5.26 Å². The van der Waals surface area contributed by atoms with Crippen molar-refractivity contribution in [2.75, 3.05) is 0 Å². The Morgan fingerprint density at radius 3 is 3.27 bits per heavy atom. The number of nitrogens with one attached hydrogen (secondary N) is 1. The van der Waals surface area contributed by atoms with E-state index in [0.717, 1.165) is 6.42 Å². The van der Waals surface area contributed by atoms with Crippen LogP contribution in [-0.2, 0) is 6.42 Å². The molecule has 15 heavy (non-hydrogen) atoms. The van der Waals surface area contributed by atoms with Gasteiger partial charge >= 0.3 is 0 Å². The fourth-order valence-corrected chi connectivity index (χ4v) is 3.24. The number of rotatable bonds is 2. The maximum absolute atomic E-state index is 8.38. The molecule has 0 spiro atoms. The third-order valence-electron chi connectivity index (χ3n) is 2.78. The Hall–Kier alpha value is -1.34. The molecule has 1 atom stereocenters. The van der Waals surface area contributed by atoms with Gasteiger partial charge in [-0.1, -0.05) is 13.8 Å². The molecule has 0 saturated heterocycles. The molecule has 0 aliphatic heterocycles. The van der Waals surface area contributed by atoms with Crippen molar-refractivity contribution in [3.8, 4) is 6.19 Å². The average molecular weight is 219 g/mol. The molecule has 78 valence electrons. The summed E-state index contributed by atoms with van der Waals surface area (Å²) in [6.45, 7) is 4.43.